The van der Waals surface area contributed by atoms with Gasteiger partial charge in [0.05, 0.1) is 17.3 Å². The van der Waals surface area contributed by atoms with Gasteiger partial charge < -0.3 is 14.2 Å². The fraction of sp³-hybridized carbons (Fsp3) is 0.179. The highest BCUT2D eigenvalue weighted by molar-refractivity contribution is 7.22. The van der Waals surface area contributed by atoms with Gasteiger partial charge in [-0.3, -0.25) is 10.1 Å². The van der Waals surface area contributed by atoms with E-state index in [1.807, 2.05) is 62.4 Å². The van der Waals surface area contributed by atoms with E-state index in [-0.39, 0.29) is 5.57 Å². The van der Waals surface area contributed by atoms with Crippen molar-refractivity contribution in [1.82, 2.24) is 4.98 Å². The summed E-state index contributed by atoms with van der Waals surface area (Å²) in [6.45, 7) is 4.72. The van der Waals surface area contributed by atoms with Gasteiger partial charge in [-0.15, -0.1) is 0 Å². The summed E-state index contributed by atoms with van der Waals surface area (Å²) in [4.78, 5) is 17.1. The highest BCUT2D eigenvalue weighted by Gasteiger charge is 2.14. The largest absolute Gasteiger partial charge is 0.493 e. The van der Waals surface area contributed by atoms with E-state index in [0.717, 1.165) is 27.1 Å². The first-order valence-electron chi connectivity index (χ1n) is 11.3. The Labute approximate surface area is 213 Å². The van der Waals surface area contributed by atoms with Gasteiger partial charge in [0.25, 0.3) is 5.91 Å². The number of nitrogens with one attached hydrogen (secondary N) is 1. The Bertz CT molecular complexity index is 1420. The number of nitriles is 1. The smallest absolute Gasteiger partial charge is 0.268 e. The van der Waals surface area contributed by atoms with Crippen molar-refractivity contribution in [3.05, 3.63) is 82.9 Å². The maximum atomic E-state index is 12.7. The number of methoxy groups -OCH3 is 1. The highest BCUT2D eigenvalue weighted by atomic mass is 32.1. The maximum absolute atomic E-state index is 12.7. The Kier molecular flexibility index (Phi) is 7.83. The molecule has 4 rings (SSSR count). The van der Waals surface area contributed by atoms with Gasteiger partial charge in [-0.05, 0) is 60.9 Å². The Morgan fingerprint density at radius 2 is 1.78 bits per heavy atom. The average Bonchev–Trinajstić information content (AvgIpc) is 3.29. The molecule has 0 saturated carbocycles. The molecule has 182 valence electrons. The number of benzene rings is 3. The second-order valence-corrected chi connectivity index (χ2v) is 8.97. The van der Waals surface area contributed by atoms with Crippen molar-refractivity contribution in [2.24, 2.45) is 0 Å². The summed E-state index contributed by atoms with van der Waals surface area (Å²) < 4.78 is 18.1. The molecule has 0 radical (unpaired) electrons. The van der Waals surface area contributed by atoms with E-state index < -0.39 is 5.91 Å². The zero-order valence-electron chi connectivity index (χ0n) is 20.2. The molecule has 0 aliphatic heterocycles. The molecule has 8 heteroatoms. The molecular formula is C28H25N3O4S. The van der Waals surface area contributed by atoms with Crippen LogP contribution in [-0.2, 0) is 4.79 Å². The van der Waals surface area contributed by atoms with Crippen LogP contribution in [0.15, 0.2) is 66.2 Å². The van der Waals surface area contributed by atoms with E-state index in [4.69, 9.17) is 14.2 Å². The summed E-state index contributed by atoms with van der Waals surface area (Å²) in [6.07, 6.45) is 1.50. The van der Waals surface area contributed by atoms with E-state index >= 15 is 0 Å². The monoisotopic (exact) mass is 499 g/mol. The number of amides is 1. The van der Waals surface area contributed by atoms with Crippen molar-refractivity contribution in [3.63, 3.8) is 0 Å². The lowest BCUT2D eigenvalue weighted by molar-refractivity contribution is -0.112. The molecule has 1 amide bonds. The second kappa shape index (κ2) is 11.4. The maximum Gasteiger partial charge on any atom is 0.268 e. The molecule has 0 aliphatic rings. The minimum Gasteiger partial charge on any atom is -0.493 e. The zero-order valence-corrected chi connectivity index (χ0v) is 21.0. The summed E-state index contributed by atoms with van der Waals surface area (Å²) in [6, 6.07) is 20.8. The zero-order chi connectivity index (χ0) is 25.5. The summed E-state index contributed by atoms with van der Waals surface area (Å²) in [5.41, 5.74) is 3.52. The van der Waals surface area contributed by atoms with Crippen LogP contribution < -0.4 is 19.5 Å². The van der Waals surface area contributed by atoms with Crippen molar-refractivity contribution in [2.45, 2.75) is 13.8 Å². The van der Waals surface area contributed by atoms with Crippen molar-refractivity contribution < 1.29 is 19.0 Å². The molecule has 0 aliphatic carbocycles. The standard InChI is InChI=1S/C28H25N3O4S/c1-18-7-6-8-19(2)26(18)35-14-13-34-23-12-11-20(16-24(23)33-3)15-21(17-29)27(32)31-28-30-22-9-4-5-10-25(22)36-28/h4-12,15-16H,13-14H2,1-3H3,(H,30,31,32)/b21-15+. The number of hydrogen-bond donors (Lipinski definition) is 1. The molecule has 0 fully saturated rings. The number of thiazole rings is 1. The summed E-state index contributed by atoms with van der Waals surface area (Å²) in [5.74, 6) is 1.36. The molecule has 0 unspecified atom stereocenters. The first-order chi connectivity index (χ1) is 17.5. The van der Waals surface area contributed by atoms with Gasteiger partial charge in [-0.2, -0.15) is 5.26 Å². The number of carbonyl (C=O) groups excluding carboxylic acids is 1. The molecule has 4 aromatic rings. The molecule has 1 N–H and O–H groups in total. The minimum atomic E-state index is -0.528. The topological polar surface area (TPSA) is 93.5 Å². The Morgan fingerprint density at radius 3 is 2.50 bits per heavy atom. The molecule has 1 heterocycles. The van der Waals surface area contributed by atoms with E-state index in [0.29, 0.717) is 35.4 Å². The van der Waals surface area contributed by atoms with E-state index in [1.165, 1.54) is 24.5 Å². The van der Waals surface area contributed by atoms with Crippen LogP contribution in [0.4, 0.5) is 5.13 Å². The number of anilines is 1. The average molecular weight is 500 g/mol. The molecule has 0 saturated heterocycles. The number of rotatable bonds is 9. The normalized spacial score (nSPS) is 11.1. The third-order valence-corrected chi connectivity index (χ3v) is 6.33. The molecule has 3 aromatic carbocycles. The number of hydrogen-bond acceptors (Lipinski definition) is 7. The van der Waals surface area contributed by atoms with Crippen LogP contribution in [0.25, 0.3) is 16.3 Å². The third kappa shape index (κ3) is 5.82. The lowest BCUT2D eigenvalue weighted by Crippen LogP contribution is -2.13. The van der Waals surface area contributed by atoms with Gasteiger partial charge in [-0.1, -0.05) is 47.7 Å². The van der Waals surface area contributed by atoms with Gasteiger partial charge in [0, 0.05) is 0 Å². The molecule has 0 bridgehead atoms. The van der Waals surface area contributed by atoms with Crippen LogP contribution in [0.1, 0.15) is 16.7 Å². The van der Waals surface area contributed by atoms with Gasteiger partial charge in [-0.25, -0.2) is 4.98 Å². The number of nitrogens with zero attached hydrogens (tertiary/aromatic N) is 2. The van der Waals surface area contributed by atoms with Crippen LogP contribution in [0.5, 0.6) is 17.2 Å². The number of aryl methyl sites for hydroxylation is 2. The van der Waals surface area contributed by atoms with Crippen molar-refractivity contribution in [3.8, 4) is 23.3 Å². The van der Waals surface area contributed by atoms with E-state index in [9.17, 15) is 10.1 Å². The van der Waals surface area contributed by atoms with E-state index in [1.54, 1.807) is 18.2 Å². The first-order valence-corrected chi connectivity index (χ1v) is 12.1. The van der Waals surface area contributed by atoms with Gasteiger partial charge in [0.1, 0.15) is 30.6 Å². The molecule has 36 heavy (non-hydrogen) atoms. The van der Waals surface area contributed by atoms with Gasteiger partial charge in [0.15, 0.2) is 16.6 Å². The van der Waals surface area contributed by atoms with Gasteiger partial charge >= 0.3 is 0 Å². The summed E-state index contributed by atoms with van der Waals surface area (Å²) in [7, 11) is 1.54. The molecule has 0 spiro atoms. The lowest BCUT2D eigenvalue weighted by atomic mass is 10.1. The molecule has 1 aromatic heterocycles. The minimum absolute atomic E-state index is 0.0491. The Hall–Kier alpha value is -4.35. The van der Waals surface area contributed by atoms with E-state index in [2.05, 4.69) is 10.3 Å². The Morgan fingerprint density at radius 1 is 1.03 bits per heavy atom. The number of aromatic nitrogens is 1. The SMILES string of the molecule is COc1cc(/C=C(\C#N)C(=O)Nc2nc3ccccc3s2)ccc1OCCOc1c(C)cccc1C. The molecule has 0 atom stereocenters. The molecule has 7 nitrogen and oxygen atoms in total. The van der Waals surface area contributed by atoms with Crippen LogP contribution in [0, 0.1) is 25.2 Å². The number of para-hydroxylation sites is 2. The fourth-order valence-corrected chi connectivity index (χ4v) is 4.48. The van der Waals surface area contributed by atoms with Crippen LogP contribution in [-0.4, -0.2) is 31.2 Å². The van der Waals surface area contributed by atoms with Crippen molar-refractivity contribution >= 4 is 38.7 Å². The molecular weight excluding hydrogens is 474 g/mol. The summed E-state index contributed by atoms with van der Waals surface area (Å²) >= 11 is 1.35. The second-order valence-electron chi connectivity index (χ2n) is 7.94. The van der Waals surface area contributed by atoms with Crippen molar-refractivity contribution in [1.29, 1.82) is 5.26 Å². The predicted octanol–water partition coefficient (Wildman–Crippen LogP) is 5.93. The fourth-order valence-electron chi connectivity index (χ4n) is 3.62. The highest BCUT2D eigenvalue weighted by Crippen LogP contribution is 2.30. The predicted molar refractivity (Wildman–Crippen MR) is 142 cm³/mol. The van der Waals surface area contributed by atoms with Gasteiger partial charge in [0.2, 0.25) is 0 Å². The first kappa shape index (κ1) is 24.8. The van der Waals surface area contributed by atoms with Crippen LogP contribution in [0.2, 0.25) is 0 Å². The number of carbonyl (C=O) groups is 1. The Balaban J connectivity index is 1.41. The quantitative estimate of drug-likeness (QED) is 0.174. The third-order valence-electron chi connectivity index (χ3n) is 5.37. The summed E-state index contributed by atoms with van der Waals surface area (Å²) in [5, 5.41) is 12.7. The lowest BCUT2D eigenvalue weighted by Gasteiger charge is -2.14. The van der Waals surface area contributed by atoms with Crippen molar-refractivity contribution in [2.75, 3.05) is 25.6 Å². The van der Waals surface area contributed by atoms with Crippen LogP contribution >= 0.6 is 11.3 Å². The number of fused-ring (bicyclic) bond motifs is 1. The van der Waals surface area contributed by atoms with Crippen LogP contribution in [0.3, 0.4) is 0 Å². The number of ether oxygens (including phenoxy) is 3.